The second kappa shape index (κ2) is 8.71. The molecule has 4 rings (SSSR count). The van der Waals surface area contributed by atoms with E-state index < -0.39 is 21.7 Å². The van der Waals surface area contributed by atoms with Crippen molar-refractivity contribution in [3.8, 4) is 0 Å². The summed E-state index contributed by atoms with van der Waals surface area (Å²) >= 11 is 0. The maximum Gasteiger partial charge on any atom is 0.255 e. The summed E-state index contributed by atoms with van der Waals surface area (Å²) in [6, 6.07) is 10.2. The summed E-state index contributed by atoms with van der Waals surface area (Å²) < 4.78 is 46.3. The Morgan fingerprint density at radius 3 is 2.43 bits per heavy atom. The first-order chi connectivity index (χ1) is 14.4. The van der Waals surface area contributed by atoms with E-state index in [1.807, 2.05) is 0 Å². The standard InChI is InChI=1S/C21H24FN3O4S/c22-17-5-3-4-16(14-17)21(26)23-19-15-18(6-7-20(19)24-8-1-2-9-24)30(27,28)25-10-12-29-13-11-25/h3-7,14-15H,1-2,8-13H2,(H,23,26). The van der Waals surface area contributed by atoms with E-state index in [9.17, 15) is 17.6 Å². The maximum absolute atomic E-state index is 13.5. The molecule has 160 valence electrons. The van der Waals surface area contributed by atoms with Crippen molar-refractivity contribution in [2.24, 2.45) is 0 Å². The van der Waals surface area contributed by atoms with Gasteiger partial charge >= 0.3 is 0 Å². The summed E-state index contributed by atoms with van der Waals surface area (Å²) in [5.74, 6) is -0.998. The third-order valence-electron chi connectivity index (χ3n) is 5.36. The molecular formula is C21H24FN3O4S. The molecule has 0 bridgehead atoms. The van der Waals surface area contributed by atoms with Gasteiger partial charge < -0.3 is 15.0 Å². The minimum Gasteiger partial charge on any atom is -0.379 e. The number of rotatable bonds is 5. The van der Waals surface area contributed by atoms with E-state index in [0.717, 1.165) is 37.7 Å². The van der Waals surface area contributed by atoms with E-state index in [1.165, 1.54) is 28.6 Å². The second-order valence-corrected chi connectivity index (χ2v) is 9.29. The lowest BCUT2D eigenvalue weighted by Gasteiger charge is -2.27. The lowest BCUT2D eigenvalue weighted by Crippen LogP contribution is -2.40. The van der Waals surface area contributed by atoms with Crippen molar-refractivity contribution in [3.63, 3.8) is 0 Å². The fourth-order valence-corrected chi connectivity index (χ4v) is 5.20. The van der Waals surface area contributed by atoms with Crippen LogP contribution in [0.15, 0.2) is 47.4 Å². The highest BCUT2D eigenvalue weighted by Crippen LogP contribution is 2.33. The molecule has 2 aromatic rings. The number of nitrogens with one attached hydrogen (secondary N) is 1. The first-order valence-electron chi connectivity index (χ1n) is 9.99. The minimum atomic E-state index is -3.71. The number of hydrogen-bond acceptors (Lipinski definition) is 5. The van der Waals surface area contributed by atoms with Gasteiger partial charge in [-0.2, -0.15) is 4.31 Å². The summed E-state index contributed by atoms with van der Waals surface area (Å²) in [4.78, 5) is 15.0. The molecule has 0 spiro atoms. The largest absolute Gasteiger partial charge is 0.379 e. The molecule has 1 amide bonds. The highest BCUT2D eigenvalue weighted by molar-refractivity contribution is 7.89. The average Bonchev–Trinajstić information content (AvgIpc) is 3.29. The topological polar surface area (TPSA) is 79.0 Å². The van der Waals surface area contributed by atoms with Gasteiger partial charge in [-0.05, 0) is 49.2 Å². The fraction of sp³-hybridized carbons (Fsp3) is 0.381. The van der Waals surface area contributed by atoms with Crippen LogP contribution in [0.2, 0.25) is 0 Å². The molecule has 30 heavy (non-hydrogen) atoms. The molecule has 2 aliphatic heterocycles. The number of ether oxygens (including phenoxy) is 1. The van der Waals surface area contributed by atoms with Crippen LogP contribution in [-0.4, -0.2) is 58.0 Å². The Morgan fingerprint density at radius 1 is 1.00 bits per heavy atom. The number of halogens is 1. The summed E-state index contributed by atoms with van der Waals surface area (Å²) in [5.41, 5.74) is 1.34. The molecule has 1 N–H and O–H groups in total. The number of amides is 1. The molecule has 0 unspecified atom stereocenters. The Hall–Kier alpha value is -2.49. The molecule has 2 fully saturated rings. The van der Waals surface area contributed by atoms with E-state index >= 15 is 0 Å². The van der Waals surface area contributed by atoms with Crippen LogP contribution in [0.5, 0.6) is 0 Å². The van der Waals surface area contributed by atoms with Crippen LogP contribution in [0.3, 0.4) is 0 Å². The predicted molar refractivity (Wildman–Crippen MR) is 112 cm³/mol. The molecule has 9 heteroatoms. The SMILES string of the molecule is O=C(Nc1cc(S(=O)(=O)N2CCOCC2)ccc1N1CCCC1)c1cccc(F)c1. The van der Waals surface area contributed by atoms with Gasteiger partial charge in [-0.15, -0.1) is 0 Å². The molecule has 0 aromatic heterocycles. The third-order valence-corrected chi connectivity index (χ3v) is 7.25. The maximum atomic E-state index is 13.5. The highest BCUT2D eigenvalue weighted by atomic mass is 32.2. The van der Waals surface area contributed by atoms with Gasteiger partial charge in [0.15, 0.2) is 0 Å². The molecule has 2 aliphatic rings. The average molecular weight is 434 g/mol. The normalized spacial score (nSPS) is 17.8. The monoisotopic (exact) mass is 433 g/mol. The molecule has 0 radical (unpaired) electrons. The third kappa shape index (κ3) is 4.33. The lowest BCUT2D eigenvalue weighted by atomic mass is 10.2. The zero-order valence-electron chi connectivity index (χ0n) is 16.5. The number of hydrogen-bond donors (Lipinski definition) is 1. The van der Waals surface area contributed by atoms with Crippen molar-refractivity contribution in [1.82, 2.24) is 4.31 Å². The Bertz CT molecular complexity index is 1030. The van der Waals surface area contributed by atoms with Crippen molar-refractivity contribution in [2.45, 2.75) is 17.7 Å². The highest BCUT2D eigenvalue weighted by Gasteiger charge is 2.28. The van der Waals surface area contributed by atoms with Crippen LogP contribution in [-0.2, 0) is 14.8 Å². The first-order valence-corrected chi connectivity index (χ1v) is 11.4. The second-order valence-electron chi connectivity index (χ2n) is 7.35. The van der Waals surface area contributed by atoms with E-state index in [2.05, 4.69) is 10.2 Å². The van der Waals surface area contributed by atoms with Gasteiger partial charge in [-0.25, -0.2) is 12.8 Å². The summed E-state index contributed by atoms with van der Waals surface area (Å²) in [5, 5.41) is 2.79. The van der Waals surface area contributed by atoms with Gasteiger partial charge in [0.05, 0.1) is 29.5 Å². The van der Waals surface area contributed by atoms with Crippen LogP contribution in [0.4, 0.5) is 15.8 Å². The van der Waals surface area contributed by atoms with Gasteiger partial charge in [0.2, 0.25) is 10.0 Å². The van der Waals surface area contributed by atoms with Crippen LogP contribution in [0, 0.1) is 5.82 Å². The molecule has 0 atom stereocenters. The number of sulfonamides is 1. The Labute approximate surface area is 175 Å². The van der Waals surface area contributed by atoms with Crippen LogP contribution in [0.25, 0.3) is 0 Å². The van der Waals surface area contributed by atoms with Crippen molar-refractivity contribution in [1.29, 1.82) is 0 Å². The van der Waals surface area contributed by atoms with Gasteiger partial charge in [-0.1, -0.05) is 6.07 Å². The van der Waals surface area contributed by atoms with Gasteiger partial charge in [-0.3, -0.25) is 4.79 Å². The first kappa shape index (κ1) is 20.8. The van der Waals surface area contributed by atoms with E-state index in [0.29, 0.717) is 32.0 Å². The zero-order chi connectivity index (χ0) is 21.1. The number of nitrogens with zero attached hydrogens (tertiary/aromatic N) is 2. The van der Waals surface area contributed by atoms with Gasteiger partial charge in [0.1, 0.15) is 5.82 Å². The predicted octanol–water partition coefficient (Wildman–Crippen LogP) is 2.70. The van der Waals surface area contributed by atoms with Crippen LogP contribution in [0.1, 0.15) is 23.2 Å². The van der Waals surface area contributed by atoms with Crippen LogP contribution >= 0.6 is 0 Å². The fourth-order valence-electron chi connectivity index (χ4n) is 3.77. The molecule has 2 saturated heterocycles. The molecule has 2 aromatic carbocycles. The quantitative estimate of drug-likeness (QED) is 0.785. The van der Waals surface area contributed by atoms with Crippen molar-refractivity contribution < 1.29 is 22.3 Å². The van der Waals surface area contributed by atoms with Crippen molar-refractivity contribution >= 4 is 27.3 Å². The summed E-state index contributed by atoms with van der Waals surface area (Å²) in [7, 11) is -3.71. The lowest BCUT2D eigenvalue weighted by molar-refractivity contribution is 0.0730. The molecule has 0 aliphatic carbocycles. The zero-order valence-corrected chi connectivity index (χ0v) is 17.3. The number of carbonyl (C=O) groups excluding carboxylic acids is 1. The van der Waals surface area contributed by atoms with Crippen LogP contribution < -0.4 is 10.2 Å². The molecular weight excluding hydrogens is 409 g/mol. The molecule has 2 heterocycles. The Balaban J connectivity index is 1.68. The van der Waals surface area contributed by atoms with Crippen molar-refractivity contribution in [2.75, 3.05) is 49.6 Å². The van der Waals surface area contributed by atoms with Gasteiger partial charge in [0, 0.05) is 31.7 Å². The number of anilines is 2. The summed E-state index contributed by atoms with van der Waals surface area (Å²) in [6.45, 7) is 2.96. The number of carbonyl (C=O) groups is 1. The Morgan fingerprint density at radius 2 is 1.73 bits per heavy atom. The summed E-state index contributed by atoms with van der Waals surface area (Å²) in [6.07, 6.45) is 2.07. The Kier molecular flexibility index (Phi) is 6.03. The number of morpholine rings is 1. The minimum absolute atomic E-state index is 0.113. The van der Waals surface area contributed by atoms with E-state index in [1.54, 1.807) is 12.1 Å². The molecule has 7 nitrogen and oxygen atoms in total. The van der Waals surface area contributed by atoms with Crippen molar-refractivity contribution in [3.05, 3.63) is 53.8 Å². The van der Waals surface area contributed by atoms with E-state index in [-0.39, 0.29) is 10.5 Å². The van der Waals surface area contributed by atoms with Gasteiger partial charge in [0.25, 0.3) is 5.91 Å². The number of benzene rings is 2. The molecule has 0 saturated carbocycles. The van der Waals surface area contributed by atoms with E-state index in [4.69, 9.17) is 4.74 Å². The smallest absolute Gasteiger partial charge is 0.255 e.